The quantitative estimate of drug-likeness (QED) is 0.607. The largest absolute Gasteiger partial charge is 0.382 e. The van der Waals surface area contributed by atoms with Gasteiger partial charge in [-0.1, -0.05) is 12.8 Å². The Kier molecular flexibility index (Phi) is 1.67. The lowest BCUT2D eigenvalue weighted by atomic mass is 10.0. The molecule has 0 spiro atoms. The maximum absolute atomic E-state index is 5.76. The first-order valence-corrected chi connectivity index (χ1v) is 4.37. The fourth-order valence-electron chi connectivity index (χ4n) is 1.90. The smallest absolute Gasteiger partial charge is 0.145 e. The van der Waals surface area contributed by atoms with Gasteiger partial charge in [-0.2, -0.15) is 0 Å². The molecule has 1 aromatic rings. The van der Waals surface area contributed by atoms with Crippen molar-refractivity contribution in [1.82, 2.24) is 9.66 Å². The second-order valence-electron chi connectivity index (χ2n) is 3.40. The van der Waals surface area contributed by atoms with Gasteiger partial charge < -0.3 is 11.6 Å². The standard InChI is InChI=1S/C8H14N4/c9-8-7(11-5-12(8)10)6-3-1-2-4-6/h5-6H,1-4,9-10H2. The Bertz CT molecular complexity index is 273. The van der Waals surface area contributed by atoms with Gasteiger partial charge >= 0.3 is 0 Å². The number of anilines is 1. The molecule has 0 radical (unpaired) electrons. The maximum atomic E-state index is 5.76. The van der Waals surface area contributed by atoms with Crippen LogP contribution in [0, 0.1) is 0 Å². The number of rotatable bonds is 1. The number of hydrogen-bond donors (Lipinski definition) is 2. The molecule has 0 unspecified atom stereocenters. The van der Waals surface area contributed by atoms with E-state index in [9.17, 15) is 0 Å². The minimum atomic E-state index is 0.551. The number of nitrogen functional groups attached to an aromatic ring is 2. The van der Waals surface area contributed by atoms with Crippen LogP contribution in [0.15, 0.2) is 6.33 Å². The lowest BCUT2D eigenvalue weighted by Gasteiger charge is -2.05. The molecule has 66 valence electrons. The third-order valence-electron chi connectivity index (χ3n) is 2.60. The molecule has 0 saturated heterocycles. The van der Waals surface area contributed by atoms with Crippen LogP contribution in [-0.2, 0) is 0 Å². The highest BCUT2D eigenvalue weighted by atomic mass is 15.3. The summed E-state index contributed by atoms with van der Waals surface area (Å²) in [5.41, 5.74) is 6.75. The predicted molar refractivity (Wildman–Crippen MR) is 48.0 cm³/mol. The minimum absolute atomic E-state index is 0.551. The van der Waals surface area contributed by atoms with Gasteiger partial charge in [0.05, 0.1) is 5.69 Å². The Hall–Kier alpha value is -1.19. The Morgan fingerprint density at radius 3 is 2.58 bits per heavy atom. The number of nitrogens with zero attached hydrogens (tertiary/aromatic N) is 2. The fourth-order valence-corrected chi connectivity index (χ4v) is 1.90. The van der Waals surface area contributed by atoms with Crippen LogP contribution >= 0.6 is 0 Å². The molecule has 2 rings (SSSR count). The van der Waals surface area contributed by atoms with Gasteiger partial charge in [0.1, 0.15) is 12.1 Å². The summed E-state index contributed by atoms with van der Waals surface area (Å²) in [7, 11) is 0. The molecule has 0 aromatic carbocycles. The van der Waals surface area contributed by atoms with E-state index in [-0.39, 0.29) is 0 Å². The summed E-state index contributed by atoms with van der Waals surface area (Å²) in [6.45, 7) is 0. The first-order valence-electron chi connectivity index (χ1n) is 4.37. The van der Waals surface area contributed by atoms with E-state index in [4.69, 9.17) is 11.6 Å². The zero-order chi connectivity index (χ0) is 8.55. The molecule has 1 heterocycles. The maximum Gasteiger partial charge on any atom is 0.145 e. The van der Waals surface area contributed by atoms with Crippen LogP contribution in [0.4, 0.5) is 5.82 Å². The highest BCUT2D eigenvalue weighted by Gasteiger charge is 2.21. The summed E-state index contributed by atoms with van der Waals surface area (Å²) in [4.78, 5) is 4.21. The van der Waals surface area contributed by atoms with Crippen molar-refractivity contribution < 1.29 is 0 Å². The van der Waals surface area contributed by atoms with Gasteiger partial charge in [-0.25, -0.2) is 9.66 Å². The molecule has 4 N–H and O–H groups in total. The van der Waals surface area contributed by atoms with Crippen molar-refractivity contribution in [2.24, 2.45) is 0 Å². The summed E-state index contributed by atoms with van der Waals surface area (Å²) < 4.78 is 1.40. The van der Waals surface area contributed by atoms with Crippen LogP contribution in [0.1, 0.15) is 37.3 Å². The normalized spacial score (nSPS) is 18.7. The highest BCUT2D eigenvalue weighted by Crippen LogP contribution is 2.35. The third kappa shape index (κ3) is 1.03. The van der Waals surface area contributed by atoms with Crippen molar-refractivity contribution in [3.05, 3.63) is 12.0 Å². The van der Waals surface area contributed by atoms with Crippen LogP contribution in [0.25, 0.3) is 0 Å². The lowest BCUT2D eigenvalue weighted by Crippen LogP contribution is -2.11. The Balaban J connectivity index is 2.26. The first kappa shape index (κ1) is 7.46. The van der Waals surface area contributed by atoms with E-state index in [1.807, 2.05) is 0 Å². The summed E-state index contributed by atoms with van der Waals surface area (Å²) >= 11 is 0. The number of imidazole rings is 1. The molecule has 1 saturated carbocycles. The van der Waals surface area contributed by atoms with Gasteiger partial charge in [0.2, 0.25) is 0 Å². The minimum Gasteiger partial charge on any atom is -0.382 e. The number of aromatic nitrogens is 2. The molecule has 1 aliphatic rings. The molecule has 0 aliphatic heterocycles. The first-order chi connectivity index (χ1) is 5.79. The second-order valence-corrected chi connectivity index (χ2v) is 3.40. The Labute approximate surface area is 71.5 Å². The molecule has 4 nitrogen and oxygen atoms in total. The zero-order valence-corrected chi connectivity index (χ0v) is 7.03. The van der Waals surface area contributed by atoms with Crippen LogP contribution in [-0.4, -0.2) is 9.66 Å². The zero-order valence-electron chi connectivity index (χ0n) is 7.03. The summed E-state index contributed by atoms with van der Waals surface area (Å²) in [6.07, 6.45) is 6.59. The molecule has 4 heteroatoms. The van der Waals surface area contributed by atoms with Crippen LogP contribution in [0.2, 0.25) is 0 Å². The van der Waals surface area contributed by atoms with Gasteiger partial charge in [-0.05, 0) is 12.8 Å². The van der Waals surface area contributed by atoms with Gasteiger partial charge in [-0.15, -0.1) is 0 Å². The van der Waals surface area contributed by atoms with Crippen molar-refractivity contribution in [3.8, 4) is 0 Å². The van der Waals surface area contributed by atoms with Crippen LogP contribution < -0.4 is 11.6 Å². The van der Waals surface area contributed by atoms with Crippen LogP contribution in [0.3, 0.4) is 0 Å². The van der Waals surface area contributed by atoms with E-state index in [1.165, 1.54) is 30.4 Å². The van der Waals surface area contributed by atoms with Crippen molar-refractivity contribution in [3.63, 3.8) is 0 Å². The number of hydrogen-bond acceptors (Lipinski definition) is 3. The third-order valence-corrected chi connectivity index (χ3v) is 2.60. The second kappa shape index (κ2) is 2.69. The predicted octanol–water partition coefficient (Wildman–Crippen LogP) is 0.837. The van der Waals surface area contributed by atoms with E-state index in [0.717, 1.165) is 5.69 Å². The van der Waals surface area contributed by atoms with Crippen molar-refractivity contribution >= 4 is 5.82 Å². The topological polar surface area (TPSA) is 69.9 Å². The molecule has 0 atom stereocenters. The highest BCUT2D eigenvalue weighted by molar-refractivity contribution is 5.38. The Morgan fingerprint density at radius 1 is 1.42 bits per heavy atom. The van der Waals surface area contributed by atoms with E-state index in [0.29, 0.717) is 11.7 Å². The van der Waals surface area contributed by atoms with Crippen molar-refractivity contribution in [2.75, 3.05) is 11.6 Å². The molecule has 12 heavy (non-hydrogen) atoms. The van der Waals surface area contributed by atoms with Gasteiger partial charge in [0, 0.05) is 5.92 Å². The van der Waals surface area contributed by atoms with Gasteiger partial charge in [0.25, 0.3) is 0 Å². The monoisotopic (exact) mass is 166 g/mol. The Morgan fingerprint density at radius 2 is 2.08 bits per heavy atom. The van der Waals surface area contributed by atoms with E-state index >= 15 is 0 Å². The number of nitrogens with two attached hydrogens (primary N) is 2. The SMILES string of the molecule is Nc1c(C2CCCC2)ncn1N. The van der Waals surface area contributed by atoms with Crippen molar-refractivity contribution in [2.45, 2.75) is 31.6 Å². The summed E-state index contributed by atoms with van der Waals surface area (Å²) in [6, 6.07) is 0. The fraction of sp³-hybridized carbons (Fsp3) is 0.625. The summed E-state index contributed by atoms with van der Waals surface area (Å²) in [5, 5.41) is 0. The van der Waals surface area contributed by atoms with E-state index < -0.39 is 0 Å². The molecule has 1 fully saturated rings. The van der Waals surface area contributed by atoms with Crippen molar-refractivity contribution in [1.29, 1.82) is 0 Å². The van der Waals surface area contributed by atoms with Crippen LogP contribution in [0.5, 0.6) is 0 Å². The molecular weight excluding hydrogens is 152 g/mol. The van der Waals surface area contributed by atoms with Gasteiger partial charge in [0.15, 0.2) is 0 Å². The van der Waals surface area contributed by atoms with E-state index in [1.54, 1.807) is 6.33 Å². The summed E-state index contributed by atoms with van der Waals surface area (Å²) in [5.74, 6) is 6.71. The molecule has 1 aliphatic carbocycles. The molecule has 0 amide bonds. The van der Waals surface area contributed by atoms with Gasteiger partial charge in [-0.3, -0.25) is 0 Å². The molecule has 0 bridgehead atoms. The lowest BCUT2D eigenvalue weighted by molar-refractivity contribution is 0.704. The molecular formula is C8H14N4. The average molecular weight is 166 g/mol. The molecule has 1 aromatic heterocycles. The average Bonchev–Trinajstić information content (AvgIpc) is 2.64. The van der Waals surface area contributed by atoms with E-state index in [2.05, 4.69) is 4.98 Å².